The highest BCUT2D eigenvalue weighted by Gasteiger charge is 2.51. The molecule has 0 aliphatic carbocycles. The van der Waals surface area contributed by atoms with E-state index in [2.05, 4.69) is 19.2 Å². The Labute approximate surface area is 193 Å². The van der Waals surface area contributed by atoms with Crippen molar-refractivity contribution in [2.24, 2.45) is 0 Å². The Balaban J connectivity index is 1.59. The van der Waals surface area contributed by atoms with Crippen LogP contribution in [0.3, 0.4) is 0 Å². The summed E-state index contributed by atoms with van der Waals surface area (Å²) in [5.74, 6) is 0.376. The van der Waals surface area contributed by atoms with Crippen LogP contribution in [-0.2, 0) is 11.3 Å². The number of furan rings is 1. The molecule has 0 spiro atoms. The van der Waals surface area contributed by atoms with Crippen LogP contribution in [0.4, 0.5) is 0 Å². The predicted octanol–water partition coefficient (Wildman–Crippen LogP) is 4.14. The SMILES string of the molecule is CC1(C)C2=C(C(=O)N1Cc1ccccc1)C(c1ccco1)N(C(=O)c1ccccc1)CCN2. The lowest BCUT2D eigenvalue weighted by Gasteiger charge is -2.35. The predicted molar refractivity (Wildman–Crippen MR) is 125 cm³/mol. The molecule has 2 amide bonds. The zero-order valence-corrected chi connectivity index (χ0v) is 18.8. The Bertz CT molecular complexity index is 1180. The molecule has 168 valence electrons. The van der Waals surface area contributed by atoms with Crippen molar-refractivity contribution in [2.45, 2.75) is 32.0 Å². The number of nitrogens with zero attached hydrogens (tertiary/aromatic N) is 2. The molecule has 0 saturated carbocycles. The second-order valence-corrected chi connectivity index (χ2v) is 8.93. The summed E-state index contributed by atoms with van der Waals surface area (Å²) in [5, 5.41) is 3.49. The van der Waals surface area contributed by atoms with Crippen molar-refractivity contribution < 1.29 is 14.0 Å². The maximum absolute atomic E-state index is 14.0. The van der Waals surface area contributed by atoms with Crippen LogP contribution >= 0.6 is 0 Å². The van der Waals surface area contributed by atoms with Crippen LogP contribution in [0.5, 0.6) is 0 Å². The normalized spacial score (nSPS) is 19.8. The average molecular weight is 442 g/mol. The molecule has 5 rings (SSSR count). The van der Waals surface area contributed by atoms with E-state index in [-0.39, 0.29) is 11.8 Å². The lowest BCUT2D eigenvalue weighted by molar-refractivity contribution is -0.130. The minimum Gasteiger partial charge on any atom is -0.467 e. The quantitative estimate of drug-likeness (QED) is 0.661. The summed E-state index contributed by atoms with van der Waals surface area (Å²) in [6.45, 7) is 5.59. The molecule has 6 nitrogen and oxygen atoms in total. The van der Waals surface area contributed by atoms with Crippen molar-refractivity contribution in [1.29, 1.82) is 0 Å². The molecule has 2 aromatic carbocycles. The molecular formula is C27H27N3O3. The number of hydrogen-bond donors (Lipinski definition) is 1. The van der Waals surface area contributed by atoms with E-state index < -0.39 is 11.6 Å². The van der Waals surface area contributed by atoms with E-state index in [1.54, 1.807) is 29.4 Å². The number of hydrogen-bond acceptors (Lipinski definition) is 4. The maximum Gasteiger partial charge on any atom is 0.255 e. The highest BCUT2D eigenvalue weighted by atomic mass is 16.3. The van der Waals surface area contributed by atoms with Gasteiger partial charge in [0, 0.05) is 30.9 Å². The van der Waals surface area contributed by atoms with Crippen molar-refractivity contribution >= 4 is 11.8 Å². The van der Waals surface area contributed by atoms with Crippen LogP contribution in [0.1, 0.15) is 41.6 Å². The molecule has 0 radical (unpaired) electrons. The molecule has 0 fully saturated rings. The molecule has 0 bridgehead atoms. The molecular weight excluding hydrogens is 414 g/mol. The second kappa shape index (κ2) is 8.28. The van der Waals surface area contributed by atoms with Crippen molar-refractivity contribution in [3.8, 4) is 0 Å². The first-order valence-corrected chi connectivity index (χ1v) is 11.2. The summed E-state index contributed by atoms with van der Waals surface area (Å²) in [5.41, 5.74) is 2.52. The van der Waals surface area contributed by atoms with E-state index in [4.69, 9.17) is 4.42 Å². The zero-order valence-electron chi connectivity index (χ0n) is 18.8. The molecule has 1 N–H and O–H groups in total. The Morgan fingerprint density at radius 3 is 2.39 bits per heavy atom. The molecule has 2 aliphatic heterocycles. The fourth-order valence-electron chi connectivity index (χ4n) is 4.87. The first-order chi connectivity index (χ1) is 16.0. The molecule has 1 atom stereocenters. The number of rotatable bonds is 4. The molecule has 33 heavy (non-hydrogen) atoms. The summed E-state index contributed by atoms with van der Waals surface area (Å²) in [6.07, 6.45) is 1.59. The number of benzene rings is 2. The van der Waals surface area contributed by atoms with Crippen molar-refractivity contribution in [1.82, 2.24) is 15.1 Å². The molecule has 0 saturated heterocycles. The van der Waals surface area contributed by atoms with Crippen LogP contribution in [-0.4, -0.2) is 40.2 Å². The van der Waals surface area contributed by atoms with E-state index in [9.17, 15) is 9.59 Å². The summed E-state index contributed by atoms with van der Waals surface area (Å²) < 4.78 is 5.80. The van der Waals surface area contributed by atoms with E-state index in [0.717, 1.165) is 11.3 Å². The van der Waals surface area contributed by atoms with Gasteiger partial charge in [0.15, 0.2) is 0 Å². The molecule has 3 aromatic rings. The third-order valence-electron chi connectivity index (χ3n) is 6.55. The molecule has 6 heteroatoms. The van der Waals surface area contributed by atoms with Gasteiger partial charge in [-0.25, -0.2) is 0 Å². The van der Waals surface area contributed by atoms with Crippen LogP contribution in [0.2, 0.25) is 0 Å². The first-order valence-electron chi connectivity index (χ1n) is 11.2. The Morgan fingerprint density at radius 1 is 1.03 bits per heavy atom. The largest absolute Gasteiger partial charge is 0.467 e. The summed E-state index contributed by atoms with van der Waals surface area (Å²) >= 11 is 0. The third-order valence-corrected chi connectivity index (χ3v) is 6.55. The lowest BCUT2D eigenvalue weighted by atomic mass is 9.95. The fourth-order valence-corrected chi connectivity index (χ4v) is 4.87. The first kappa shape index (κ1) is 21.1. The monoisotopic (exact) mass is 441 g/mol. The number of carbonyl (C=O) groups excluding carboxylic acids is 2. The molecule has 1 unspecified atom stereocenters. The maximum atomic E-state index is 14.0. The third kappa shape index (κ3) is 3.61. The smallest absolute Gasteiger partial charge is 0.255 e. The van der Waals surface area contributed by atoms with Gasteiger partial charge in [-0.05, 0) is 43.7 Å². The van der Waals surface area contributed by atoms with Crippen LogP contribution in [0.25, 0.3) is 0 Å². The van der Waals surface area contributed by atoms with E-state index in [1.165, 1.54) is 0 Å². The number of carbonyl (C=O) groups is 2. The van der Waals surface area contributed by atoms with Gasteiger partial charge in [0.05, 0.1) is 17.4 Å². The standard InChI is InChI=1S/C27H27N3O3/c1-27(2)24-22(26(32)30(27)18-19-10-5-3-6-11-19)23(21-14-9-17-33-21)29(16-15-28-24)25(31)20-12-7-4-8-13-20/h3-14,17,23,28H,15-16,18H2,1-2H3. The van der Waals surface area contributed by atoms with Crippen molar-refractivity contribution in [3.63, 3.8) is 0 Å². The lowest BCUT2D eigenvalue weighted by Crippen LogP contribution is -2.47. The summed E-state index contributed by atoms with van der Waals surface area (Å²) in [7, 11) is 0. The van der Waals surface area contributed by atoms with Gasteiger partial charge in [-0.15, -0.1) is 0 Å². The van der Waals surface area contributed by atoms with Gasteiger partial charge < -0.3 is 19.5 Å². The van der Waals surface area contributed by atoms with E-state index >= 15 is 0 Å². The van der Waals surface area contributed by atoms with Gasteiger partial charge in [0.25, 0.3) is 11.8 Å². The molecule has 3 heterocycles. The van der Waals surface area contributed by atoms with Crippen LogP contribution < -0.4 is 5.32 Å². The van der Waals surface area contributed by atoms with Gasteiger partial charge >= 0.3 is 0 Å². The summed E-state index contributed by atoms with van der Waals surface area (Å²) in [4.78, 5) is 31.2. The minimum absolute atomic E-state index is 0.0829. The van der Waals surface area contributed by atoms with Crippen LogP contribution in [0.15, 0.2) is 94.7 Å². The zero-order chi connectivity index (χ0) is 23.0. The number of nitrogens with one attached hydrogen (secondary N) is 1. The van der Waals surface area contributed by atoms with Gasteiger partial charge in [-0.1, -0.05) is 48.5 Å². The minimum atomic E-state index is -0.606. The van der Waals surface area contributed by atoms with E-state index in [1.807, 2.05) is 59.5 Å². The van der Waals surface area contributed by atoms with Gasteiger partial charge in [-0.3, -0.25) is 9.59 Å². The highest BCUT2D eigenvalue weighted by Crippen LogP contribution is 2.44. The Hall–Kier alpha value is -3.80. The van der Waals surface area contributed by atoms with Crippen molar-refractivity contribution in [3.05, 3.63) is 107 Å². The molecule has 1 aromatic heterocycles. The Kier molecular flexibility index (Phi) is 5.29. The fraction of sp³-hybridized carbons (Fsp3) is 0.259. The summed E-state index contributed by atoms with van der Waals surface area (Å²) in [6, 6.07) is 22.2. The van der Waals surface area contributed by atoms with Crippen molar-refractivity contribution in [2.75, 3.05) is 13.1 Å². The number of amides is 2. The topological polar surface area (TPSA) is 65.8 Å². The Morgan fingerprint density at radius 2 is 1.73 bits per heavy atom. The van der Waals surface area contributed by atoms with Crippen LogP contribution in [0, 0.1) is 0 Å². The van der Waals surface area contributed by atoms with Gasteiger partial charge in [0.1, 0.15) is 11.8 Å². The average Bonchev–Trinajstić information content (AvgIpc) is 3.35. The van der Waals surface area contributed by atoms with Gasteiger partial charge in [-0.2, -0.15) is 0 Å². The molecule has 2 aliphatic rings. The van der Waals surface area contributed by atoms with Gasteiger partial charge in [0.2, 0.25) is 0 Å². The van der Waals surface area contributed by atoms with E-state index in [0.29, 0.717) is 36.5 Å². The second-order valence-electron chi connectivity index (χ2n) is 8.93. The highest BCUT2D eigenvalue weighted by molar-refractivity contribution is 6.02.